The number of ether oxygens (including phenoxy) is 1. The fourth-order valence-electron chi connectivity index (χ4n) is 2.58. The lowest BCUT2D eigenvalue weighted by atomic mass is 10.2. The second-order valence-electron chi connectivity index (χ2n) is 6.17. The molecule has 0 bridgehead atoms. The molecule has 0 unspecified atom stereocenters. The lowest BCUT2D eigenvalue weighted by Gasteiger charge is -2.08. The predicted octanol–water partition coefficient (Wildman–Crippen LogP) is 2.70. The molecule has 0 fully saturated rings. The van der Waals surface area contributed by atoms with E-state index in [0.29, 0.717) is 11.4 Å². The van der Waals surface area contributed by atoms with Crippen LogP contribution < -0.4 is 5.32 Å². The number of anilines is 1. The van der Waals surface area contributed by atoms with Gasteiger partial charge in [0.25, 0.3) is 5.91 Å². The molecule has 1 amide bonds. The summed E-state index contributed by atoms with van der Waals surface area (Å²) < 4.78 is 29.8. The monoisotopic (exact) mass is 413 g/mol. The van der Waals surface area contributed by atoms with Crippen molar-refractivity contribution < 1.29 is 22.7 Å². The maximum absolute atomic E-state index is 12.5. The Labute approximate surface area is 168 Å². The predicted molar refractivity (Wildman–Crippen MR) is 107 cm³/mol. The highest BCUT2D eigenvalue weighted by atomic mass is 32.2. The van der Waals surface area contributed by atoms with Gasteiger partial charge in [0, 0.05) is 23.7 Å². The fraction of sp³-hybridized carbons (Fsp3) is 0.150. The molecule has 0 saturated carbocycles. The Balaban J connectivity index is 1.80. The van der Waals surface area contributed by atoms with Crippen LogP contribution in [-0.4, -0.2) is 42.9 Å². The summed E-state index contributed by atoms with van der Waals surface area (Å²) in [6, 6.07) is 14.2. The van der Waals surface area contributed by atoms with Crippen LogP contribution >= 0.6 is 0 Å². The molecule has 0 aliphatic heterocycles. The molecule has 0 aliphatic rings. The van der Waals surface area contributed by atoms with Crippen molar-refractivity contribution in [2.45, 2.75) is 11.8 Å². The van der Waals surface area contributed by atoms with Gasteiger partial charge in [-0.2, -0.15) is 5.10 Å². The number of nitrogens with one attached hydrogen (secondary N) is 1. The van der Waals surface area contributed by atoms with Gasteiger partial charge in [-0.25, -0.2) is 17.9 Å². The number of esters is 1. The van der Waals surface area contributed by atoms with Crippen molar-refractivity contribution >= 4 is 27.4 Å². The average Bonchev–Trinajstić information content (AvgIpc) is 3.18. The molecular formula is C20H19N3O5S. The molecule has 150 valence electrons. The van der Waals surface area contributed by atoms with E-state index in [1.807, 2.05) is 0 Å². The molecule has 0 aliphatic carbocycles. The molecule has 1 aromatic heterocycles. The first kappa shape index (κ1) is 20.3. The second kappa shape index (κ2) is 8.27. The van der Waals surface area contributed by atoms with E-state index in [1.165, 1.54) is 28.9 Å². The first-order chi connectivity index (χ1) is 13.8. The number of carbonyl (C=O) groups is 2. The van der Waals surface area contributed by atoms with Gasteiger partial charge in [-0.3, -0.25) is 4.79 Å². The molecule has 9 heteroatoms. The lowest BCUT2D eigenvalue weighted by molar-refractivity contribution is 0.0519. The minimum absolute atomic E-state index is 0.0712. The number of aromatic nitrogens is 2. The van der Waals surface area contributed by atoms with E-state index < -0.39 is 21.7 Å². The molecule has 3 rings (SSSR count). The van der Waals surface area contributed by atoms with Gasteiger partial charge in [0.05, 0.1) is 17.2 Å². The number of carbonyl (C=O) groups excluding carboxylic acids is 2. The Morgan fingerprint density at radius 2 is 1.86 bits per heavy atom. The number of sulfone groups is 1. The molecule has 0 atom stereocenters. The molecule has 1 N–H and O–H groups in total. The highest BCUT2D eigenvalue weighted by molar-refractivity contribution is 7.90. The number of hydrogen-bond donors (Lipinski definition) is 1. The van der Waals surface area contributed by atoms with Gasteiger partial charge in [-0.15, -0.1) is 0 Å². The third-order valence-corrected chi connectivity index (χ3v) is 5.08. The van der Waals surface area contributed by atoms with E-state index in [9.17, 15) is 18.0 Å². The maximum atomic E-state index is 12.5. The van der Waals surface area contributed by atoms with Crippen LogP contribution in [0.5, 0.6) is 0 Å². The standard InChI is InChI=1S/C20H19N3O5S/c1-3-28-20(25)18-10-11-23(22-18)16-8-5-7-15(13-16)21-19(24)14-6-4-9-17(12-14)29(2,26)27/h4-13H,3H2,1-2H3,(H,21,24). The molecule has 0 spiro atoms. The Hall–Kier alpha value is -3.46. The van der Waals surface area contributed by atoms with Crippen LogP contribution in [0.25, 0.3) is 5.69 Å². The third kappa shape index (κ3) is 4.88. The highest BCUT2D eigenvalue weighted by Gasteiger charge is 2.13. The highest BCUT2D eigenvalue weighted by Crippen LogP contribution is 2.17. The van der Waals surface area contributed by atoms with E-state index in [2.05, 4.69) is 10.4 Å². The summed E-state index contributed by atoms with van der Waals surface area (Å²) in [5.41, 5.74) is 1.52. The van der Waals surface area contributed by atoms with Crippen LogP contribution in [0, 0.1) is 0 Å². The molecule has 0 saturated heterocycles. The number of nitrogens with zero attached hydrogens (tertiary/aromatic N) is 2. The molecule has 1 heterocycles. The maximum Gasteiger partial charge on any atom is 0.358 e. The van der Waals surface area contributed by atoms with Gasteiger partial charge in [-0.1, -0.05) is 12.1 Å². The van der Waals surface area contributed by atoms with Gasteiger partial charge >= 0.3 is 5.97 Å². The van der Waals surface area contributed by atoms with Gasteiger partial charge in [0.1, 0.15) is 0 Å². The van der Waals surface area contributed by atoms with Crippen molar-refractivity contribution in [1.82, 2.24) is 9.78 Å². The summed E-state index contributed by atoms with van der Waals surface area (Å²) in [5, 5.41) is 6.91. The number of rotatable bonds is 6. The smallest absolute Gasteiger partial charge is 0.358 e. The summed E-state index contributed by atoms with van der Waals surface area (Å²) in [6.45, 7) is 1.97. The summed E-state index contributed by atoms with van der Waals surface area (Å²) in [7, 11) is -3.41. The zero-order valence-electron chi connectivity index (χ0n) is 15.8. The Bertz CT molecular complexity index is 1170. The van der Waals surface area contributed by atoms with Crippen molar-refractivity contribution in [3.05, 3.63) is 72.1 Å². The van der Waals surface area contributed by atoms with Gasteiger partial charge < -0.3 is 10.1 Å². The van der Waals surface area contributed by atoms with E-state index in [4.69, 9.17) is 4.74 Å². The number of hydrogen-bond acceptors (Lipinski definition) is 6. The number of benzene rings is 2. The molecule has 0 radical (unpaired) electrons. The Morgan fingerprint density at radius 1 is 1.10 bits per heavy atom. The molecule has 8 nitrogen and oxygen atoms in total. The minimum atomic E-state index is -3.41. The van der Waals surface area contributed by atoms with Crippen LogP contribution in [0.3, 0.4) is 0 Å². The summed E-state index contributed by atoms with van der Waals surface area (Å²) in [5.74, 6) is -0.957. The molecule has 3 aromatic rings. The van der Waals surface area contributed by atoms with Crippen molar-refractivity contribution in [3.8, 4) is 5.69 Å². The summed E-state index contributed by atoms with van der Waals surface area (Å²) >= 11 is 0. The van der Waals surface area contributed by atoms with Gasteiger partial charge in [-0.05, 0) is 49.4 Å². The van der Waals surface area contributed by atoms with E-state index >= 15 is 0 Å². The van der Waals surface area contributed by atoms with Crippen molar-refractivity contribution in [3.63, 3.8) is 0 Å². The van der Waals surface area contributed by atoms with Gasteiger partial charge in [0.15, 0.2) is 15.5 Å². The Morgan fingerprint density at radius 3 is 2.59 bits per heavy atom. The van der Waals surface area contributed by atoms with Crippen molar-refractivity contribution in [2.24, 2.45) is 0 Å². The zero-order chi connectivity index (χ0) is 21.0. The lowest BCUT2D eigenvalue weighted by Crippen LogP contribution is -2.13. The minimum Gasteiger partial charge on any atom is -0.461 e. The van der Waals surface area contributed by atoms with Crippen molar-refractivity contribution in [2.75, 3.05) is 18.2 Å². The van der Waals surface area contributed by atoms with Crippen LogP contribution in [0.1, 0.15) is 27.8 Å². The SMILES string of the molecule is CCOC(=O)c1ccn(-c2cccc(NC(=O)c3cccc(S(C)(=O)=O)c3)c2)n1. The quantitative estimate of drug-likeness (QED) is 0.623. The largest absolute Gasteiger partial charge is 0.461 e. The first-order valence-corrected chi connectivity index (χ1v) is 10.6. The average molecular weight is 413 g/mol. The molecular weight excluding hydrogens is 394 g/mol. The van der Waals surface area contributed by atoms with E-state index in [0.717, 1.165) is 6.26 Å². The third-order valence-electron chi connectivity index (χ3n) is 3.97. The fourth-order valence-corrected chi connectivity index (χ4v) is 3.25. The van der Waals surface area contributed by atoms with Crippen LogP contribution in [-0.2, 0) is 14.6 Å². The van der Waals surface area contributed by atoms with E-state index in [1.54, 1.807) is 43.5 Å². The van der Waals surface area contributed by atoms with Gasteiger partial charge in [0.2, 0.25) is 0 Å². The first-order valence-electron chi connectivity index (χ1n) is 8.72. The van der Waals surface area contributed by atoms with Crippen LogP contribution in [0.4, 0.5) is 5.69 Å². The summed E-state index contributed by atoms with van der Waals surface area (Å²) in [6.07, 6.45) is 2.70. The molecule has 2 aromatic carbocycles. The normalized spacial score (nSPS) is 11.1. The number of amides is 1. The molecule has 29 heavy (non-hydrogen) atoms. The van der Waals surface area contributed by atoms with E-state index in [-0.39, 0.29) is 22.8 Å². The van der Waals surface area contributed by atoms with Crippen LogP contribution in [0.2, 0.25) is 0 Å². The topological polar surface area (TPSA) is 107 Å². The summed E-state index contributed by atoms with van der Waals surface area (Å²) in [4.78, 5) is 24.3. The van der Waals surface area contributed by atoms with Crippen LogP contribution in [0.15, 0.2) is 65.7 Å². The Kier molecular flexibility index (Phi) is 5.79. The second-order valence-corrected chi connectivity index (χ2v) is 8.19. The van der Waals surface area contributed by atoms with Crippen molar-refractivity contribution in [1.29, 1.82) is 0 Å². The zero-order valence-corrected chi connectivity index (χ0v) is 16.6.